The summed E-state index contributed by atoms with van der Waals surface area (Å²) in [4.78, 5) is 12.9. The molecule has 0 saturated carbocycles. The summed E-state index contributed by atoms with van der Waals surface area (Å²) >= 11 is 6.13. The van der Waals surface area contributed by atoms with Crippen molar-refractivity contribution < 1.29 is 13.2 Å². The van der Waals surface area contributed by atoms with Crippen LogP contribution in [0.1, 0.15) is 41.5 Å². The van der Waals surface area contributed by atoms with Crippen molar-refractivity contribution in [2.24, 2.45) is 13.0 Å². The van der Waals surface area contributed by atoms with Crippen LogP contribution in [0.3, 0.4) is 0 Å². The number of amides is 1. The summed E-state index contributed by atoms with van der Waals surface area (Å²) in [5.41, 5.74) is 1.67. The van der Waals surface area contributed by atoms with E-state index in [4.69, 9.17) is 11.6 Å². The molecule has 1 fully saturated rings. The molecule has 1 saturated heterocycles. The summed E-state index contributed by atoms with van der Waals surface area (Å²) in [5, 5.41) is 3.40. The number of halogens is 1. The molecule has 3 rings (SSSR count). The van der Waals surface area contributed by atoms with Crippen molar-refractivity contribution in [3.63, 3.8) is 0 Å². The SMILES string of the molecule is Cc1c(S(=O)(=O)N2CCC(C)CC2)cc(C(=O)NCc2ccccc2Cl)n1C. The number of carbonyl (C=O) groups is 1. The second-order valence-electron chi connectivity index (χ2n) is 7.40. The van der Waals surface area contributed by atoms with Gasteiger partial charge in [-0.1, -0.05) is 36.7 Å². The minimum Gasteiger partial charge on any atom is -0.347 e. The van der Waals surface area contributed by atoms with E-state index in [9.17, 15) is 13.2 Å². The Morgan fingerprint density at radius 3 is 2.54 bits per heavy atom. The molecule has 0 aliphatic carbocycles. The van der Waals surface area contributed by atoms with Gasteiger partial charge in [-0.15, -0.1) is 0 Å². The molecule has 0 unspecified atom stereocenters. The third kappa shape index (κ3) is 4.11. The van der Waals surface area contributed by atoms with Gasteiger partial charge in [0, 0.05) is 37.4 Å². The molecule has 1 aliphatic heterocycles. The monoisotopic (exact) mass is 423 g/mol. The maximum absolute atomic E-state index is 13.1. The van der Waals surface area contributed by atoms with Crippen LogP contribution in [0.5, 0.6) is 0 Å². The summed E-state index contributed by atoms with van der Waals surface area (Å²) in [7, 11) is -1.91. The van der Waals surface area contributed by atoms with Crippen LogP contribution in [0.2, 0.25) is 5.02 Å². The van der Waals surface area contributed by atoms with Crippen LogP contribution >= 0.6 is 11.6 Å². The fourth-order valence-corrected chi connectivity index (χ4v) is 5.37. The Morgan fingerprint density at radius 1 is 1.25 bits per heavy atom. The van der Waals surface area contributed by atoms with Gasteiger partial charge in [0.15, 0.2) is 0 Å². The number of nitrogens with zero attached hydrogens (tertiary/aromatic N) is 2. The molecule has 1 amide bonds. The smallest absolute Gasteiger partial charge is 0.268 e. The molecule has 1 N–H and O–H groups in total. The number of piperidine rings is 1. The number of hydrogen-bond donors (Lipinski definition) is 1. The number of hydrogen-bond acceptors (Lipinski definition) is 3. The quantitative estimate of drug-likeness (QED) is 0.801. The number of carbonyl (C=O) groups excluding carboxylic acids is 1. The third-order valence-electron chi connectivity index (χ3n) is 5.48. The molecule has 1 aliphatic rings. The van der Waals surface area contributed by atoms with Gasteiger partial charge in [-0.25, -0.2) is 8.42 Å². The lowest BCUT2D eigenvalue weighted by Gasteiger charge is -2.29. The van der Waals surface area contributed by atoms with Gasteiger partial charge in [-0.05, 0) is 43.4 Å². The van der Waals surface area contributed by atoms with E-state index in [2.05, 4.69) is 12.2 Å². The van der Waals surface area contributed by atoms with Crippen LogP contribution in [0.15, 0.2) is 35.2 Å². The van der Waals surface area contributed by atoms with E-state index in [-0.39, 0.29) is 17.3 Å². The molecule has 0 radical (unpaired) electrons. The van der Waals surface area contributed by atoms with Gasteiger partial charge in [-0.3, -0.25) is 4.79 Å². The largest absolute Gasteiger partial charge is 0.347 e. The molecule has 8 heteroatoms. The summed E-state index contributed by atoms with van der Waals surface area (Å²) < 4.78 is 29.3. The van der Waals surface area contributed by atoms with E-state index in [0.717, 1.165) is 18.4 Å². The van der Waals surface area contributed by atoms with Crippen molar-refractivity contribution in [3.05, 3.63) is 52.3 Å². The average molecular weight is 424 g/mol. The highest BCUT2D eigenvalue weighted by Gasteiger charge is 2.32. The average Bonchev–Trinajstić information content (AvgIpc) is 2.97. The third-order valence-corrected chi connectivity index (χ3v) is 7.86. The second kappa shape index (κ2) is 8.27. The first kappa shape index (κ1) is 20.9. The minimum atomic E-state index is -3.61. The summed E-state index contributed by atoms with van der Waals surface area (Å²) in [5.74, 6) is 0.203. The van der Waals surface area contributed by atoms with Crippen molar-refractivity contribution in [1.82, 2.24) is 14.2 Å². The Morgan fingerprint density at radius 2 is 1.89 bits per heavy atom. The zero-order chi connectivity index (χ0) is 20.5. The Hall–Kier alpha value is -1.83. The lowest BCUT2D eigenvalue weighted by Crippen LogP contribution is -2.38. The highest BCUT2D eigenvalue weighted by atomic mass is 35.5. The molecule has 0 spiro atoms. The van der Waals surface area contributed by atoms with Gasteiger partial charge in [0.05, 0.1) is 0 Å². The van der Waals surface area contributed by atoms with Crippen LogP contribution in [0.25, 0.3) is 0 Å². The van der Waals surface area contributed by atoms with E-state index >= 15 is 0 Å². The fraction of sp³-hybridized carbons (Fsp3) is 0.450. The van der Waals surface area contributed by atoms with E-state index in [1.54, 1.807) is 24.6 Å². The molecule has 2 heterocycles. The molecule has 152 valence electrons. The summed E-state index contributed by atoms with van der Waals surface area (Å²) in [6, 6.07) is 8.76. The van der Waals surface area contributed by atoms with E-state index in [1.165, 1.54) is 10.4 Å². The van der Waals surface area contributed by atoms with E-state index < -0.39 is 10.0 Å². The van der Waals surface area contributed by atoms with Crippen LogP contribution in [-0.2, 0) is 23.6 Å². The minimum absolute atomic E-state index is 0.201. The van der Waals surface area contributed by atoms with Crippen LogP contribution in [0, 0.1) is 12.8 Å². The number of rotatable bonds is 5. The summed E-state index contributed by atoms with van der Waals surface area (Å²) in [6.07, 6.45) is 1.71. The molecule has 1 aromatic heterocycles. The second-order valence-corrected chi connectivity index (χ2v) is 9.71. The van der Waals surface area contributed by atoms with Gasteiger partial charge in [0.1, 0.15) is 10.6 Å². The van der Waals surface area contributed by atoms with Gasteiger partial charge in [0.2, 0.25) is 10.0 Å². The van der Waals surface area contributed by atoms with Gasteiger partial charge in [0.25, 0.3) is 5.91 Å². The lowest BCUT2D eigenvalue weighted by atomic mass is 10.0. The Labute approximate surface area is 171 Å². The topological polar surface area (TPSA) is 71.4 Å². The van der Waals surface area contributed by atoms with Crippen LogP contribution in [0.4, 0.5) is 0 Å². The first-order valence-electron chi connectivity index (χ1n) is 9.40. The van der Waals surface area contributed by atoms with Crippen LogP contribution in [-0.4, -0.2) is 36.3 Å². The molecule has 0 atom stereocenters. The fourth-order valence-electron chi connectivity index (χ4n) is 3.42. The molecule has 28 heavy (non-hydrogen) atoms. The molecule has 1 aromatic carbocycles. The standard InChI is InChI=1S/C20H26ClN3O3S/c1-14-8-10-24(11-9-14)28(26,27)19-12-18(23(3)15(19)2)20(25)22-13-16-6-4-5-7-17(16)21/h4-7,12,14H,8-11,13H2,1-3H3,(H,22,25). The van der Waals surface area contributed by atoms with Crippen molar-refractivity contribution >= 4 is 27.5 Å². The van der Waals surface area contributed by atoms with Gasteiger partial charge in [-0.2, -0.15) is 4.31 Å². The normalized spacial score (nSPS) is 16.3. The number of nitrogens with one attached hydrogen (secondary N) is 1. The molecule has 2 aromatic rings. The first-order valence-corrected chi connectivity index (χ1v) is 11.2. The Balaban J connectivity index is 1.80. The van der Waals surface area contributed by atoms with Gasteiger partial charge < -0.3 is 9.88 Å². The Kier molecular flexibility index (Phi) is 6.17. The highest BCUT2D eigenvalue weighted by Crippen LogP contribution is 2.27. The molecule has 6 nitrogen and oxygen atoms in total. The molecular weight excluding hydrogens is 398 g/mol. The molecular formula is C20H26ClN3O3S. The maximum Gasteiger partial charge on any atom is 0.268 e. The number of benzene rings is 1. The van der Waals surface area contributed by atoms with Crippen molar-refractivity contribution in [1.29, 1.82) is 0 Å². The predicted molar refractivity (Wildman–Crippen MR) is 110 cm³/mol. The summed E-state index contributed by atoms with van der Waals surface area (Å²) in [6.45, 7) is 5.18. The van der Waals surface area contributed by atoms with Crippen molar-refractivity contribution in [2.45, 2.75) is 38.1 Å². The van der Waals surface area contributed by atoms with Crippen LogP contribution < -0.4 is 5.32 Å². The molecule has 0 bridgehead atoms. The van der Waals surface area contributed by atoms with Crippen molar-refractivity contribution in [2.75, 3.05) is 13.1 Å². The van der Waals surface area contributed by atoms with E-state index in [1.807, 2.05) is 18.2 Å². The van der Waals surface area contributed by atoms with E-state index in [0.29, 0.717) is 35.4 Å². The first-order chi connectivity index (χ1) is 13.2. The maximum atomic E-state index is 13.1. The highest BCUT2D eigenvalue weighted by molar-refractivity contribution is 7.89. The predicted octanol–water partition coefficient (Wildman–Crippen LogP) is 3.34. The zero-order valence-electron chi connectivity index (χ0n) is 16.4. The zero-order valence-corrected chi connectivity index (χ0v) is 18.0. The Bertz CT molecular complexity index is 977. The lowest BCUT2D eigenvalue weighted by molar-refractivity contribution is 0.0942. The van der Waals surface area contributed by atoms with Crippen molar-refractivity contribution in [3.8, 4) is 0 Å². The number of sulfonamides is 1. The number of aromatic nitrogens is 1. The van der Waals surface area contributed by atoms with Gasteiger partial charge >= 0.3 is 0 Å².